The maximum atomic E-state index is 12.4. The fourth-order valence-electron chi connectivity index (χ4n) is 2.92. The van der Waals surface area contributed by atoms with Crippen LogP contribution in [0.15, 0.2) is 58.6 Å². The van der Waals surface area contributed by atoms with Crippen molar-refractivity contribution in [3.05, 3.63) is 74.7 Å². The van der Waals surface area contributed by atoms with E-state index in [1.54, 1.807) is 43.6 Å². The first-order valence-corrected chi connectivity index (χ1v) is 11.6. The Kier molecular flexibility index (Phi) is 8.79. The van der Waals surface area contributed by atoms with E-state index in [1.807, 2.05) is 18.2 Å². The topological polar surface area (TPSA) is 121 Å². The number of carboxylic acids is 1. The van der Waals surface area contributed by atoms with Crippen LogP contribution in [0.3, 0.4) is 0 Å². The highest BCUT2D eigenvalue weighted by molar-refractivity contribution is 8.18. The van der Waals surface area contributed by atoms with Gasteiger partial charge in [0.15, 0.2) is 5.17 Å². The molecule has 2 heterocycles. The molecule has 0 saturated carbocycles. The summed E-state index contributed by atoms with van der Waals surface area (Å²) in [4.78, 5) is 42.2. The summed E-state index contributed by atoms with van der Waals surface area (Å²) in [6.45, 7) is 0. The van der Waals surface area contributed by atoms with Crippen molar-refractivity contribution in [2.75, 3.05) is 12.4 Å². The number of pyridine rings is 1. The largest absolute Gasteiger partial charge is 0.490 e. The molecule has 4 rings (SSSR count). The van der Waals surface area contributed by atoms with Crippen molar-refractivity contribution in [3.8, 4) is 0 Å². The number of aliphatic carboxylic acids is 1. The monoisotopic (exact) mass is 570 g/mol. The van der Waals surface area contributed by atoms with Crippen molar-refractivity contribution < 1.29 is 32.7 Å². The number of amidine groups is 1. The summed E-state index contributed by atoms with van der Waals surface area (Å²) in [5.41, 5.74) is 2.45. The number of para-hydroxylation sites is 1. The molecule has 192 valence electrons. The third-order valence-corrected chi connectivity index (χ3v) is 6.12. The number of thioether (sulfide) groups is 1. The molecule has 1 aliphatic heterocycles. The summed E-state index contributed by atoms with van der Waals surface area (Å²) >= 11 is 13.5. The highest BCUT2D eigenvalue weighted by Crippen LogP contribution is 2.35. The van der Waals surface area contributed by atoms with Crippen molar-refractivity contribution >= 4 is 80.6 Å². The number of hydrogen-bond acceptors (Lipinski definition) is 6. The van der Waals surface area contributed by atoms with Crippen LogP contribution in [-0.4, -0.2) is 46.3 Å². The van der Waals surface area contributed by atoms with E-state index in [0.717, 1.165) is 5.56 Å². The number of hydrogen-bond donors (Lipinski definition) is 3. The average Bonchev–Trinajstić information content (AvgIpc) is 3.18. The van der Waals surface area contributed by atoms with Gasteiger partial charge in [-0.3, -0.25) is 14.6 Å². The Morgan fingerprint density at radius 2 is 1.76 bits per heavy atom. The van der Waals surface area contributed by atoms with Gasteiger partial charge in [0.25, 0.3) is 11.8 Å². The van der Waals surface area contributed by atoms with Crippen LogP contribution in [0.5, 0.6) is 0 Å². The second-order valence-corrected chi connectivity index (χ2v) is 8.92. The standard InChI is InChI=1S/C21H14Cl2N4O2S.C2HF3O2/c1-24-19(28)12-7-8-25-16-6-5-11(9-13(12)16)10-17-20(29)27-21(30-17)26-18-14(22)3-2-4-15(18)23;3-2(4,5)1(6)7/h2-10H,1H3,(H,24,28)(H,26,27,29);(H,6,7). The third kappa shape index (κ3) is 7.00. The fourth-order valence-corrected chi connectivity index (χ4v) is 4.23. The van der Waals surface area contributed by atoms with E-state index in [9.17, 15) is 22.8 Å². The number of anilines is 1. The van der Waals surface area contributed by atoms with Gasteiger partial charge in [-0.1, -0.05) is 35.3 Å². The molecule has 1 aliphatic rings. The summed E-state index contributed by atoms with van der Waals surface area (Å²) in [7, 11) is 1.57. The molecular formula is C23H15Cl2F3N4O4S. The molecule has 0 spiro atoms. The number of halogens is 5. The minimum Gasteiger partial charge on any atom is -0.475 e. The van der Waals surface area contributed by atoms with E-state index in [4.69, 9.17) is 33.1 Å². The zero-order valence-electron chi connectivity index (χ0n) is 18.6. The van der Waals surface area contributed by atoms with E-state index in [-0.39, 0.29) is 11.8 Å². The number of nitrogens with one attached hydrogen (secondary N) is 2. The highest BCUT2D eigenvalue weighted by Gasteiger charge is 2.38. The average molecular weight is 571 g/mol. The zero-order chi connectivity index (χ0) is 27.3. The minimum atomic E-state index is -5.08. The van der Waals surface area contributed by atoms with Crippen LogP contribution in [0.25, 0.3) is 17.0 Å². The maximum absolute atomic E-state index is 12.4. The molecule has 0 aliphatic carbocycles. The molecule has 3 aromatic rings. The van der Waals surface area contributed by atoms with Gasteiger partial charge in [0, 0.05) is 18.6 Å². The van der Waals surface area contributed by atoms with Gasteiger partial charge in [-0.2, -0.15) is 18.2 Å². The second-order valence-electron chi connectivity index (χ2n) is 7.07. The Labute approximate surface area is 221 Å². The third-order valence-electron chi connectivity index (χ3n) is 4.59. The van der Waals surface area contributed by atoms with Crippen molar-refractivity contribution in [1.82, 2.24) is 10.3 Å². The number of aliphatic imine (C=N–C) groups is 1. The molecule has 37 heavy (non-hydrogen) atoms. The number of aromatic nitrogens is 1. The predicted molar refractivity (Wildman–Crippen MR) is 137 cm³/mol. The molecule has 8 nitrogen and oxygen atoms in total. The molecule has 0 bridgehead atoms. The number of carbonyl (C=O) groups excluding carboxylic acids is 2. The normalized spacial score (nSPS) is 14.2. The molecule has 0 radical (unpaired) electrons. The number of benzene rings is 2. The molecule has 0 atom stereocenters. The van der Waals surface area contributed by atoms with Crippen molar-refractivity contribution in [2.24, 2.45) is 4.99 Å². The molecule has 2 amide bonds. The number of carboxylic acid groups (broad SMARTS) is 1. The first-order valence-electron chi connectivity index (χ1n) is 10.0. The number of fused-ring (bicyclic) bond motifs is 1. The number of amides is 2. The van der Waals surface area contributed by atoms with Crippen LogP contribution in [0.4, 0.5) is 18.9 Å². The number of alkyl halides is 3. The van der Waals surface area contributed by atoms with E-state index >= 15 is 0 Å². The van der Waals surface area contributed by atoms with Gasteiger partial charge in [0.05, 0.1) is 31.7 Å². The summed E-state index contributed by atoms with van der Waals surface area (Å²) < 4.78 is 31.7. The van der Waals surface area contributed by atoms with E-state index in [2.05, 4.69) is 20.6 Å². The highest BCUT2D eigenvalue weighted by atomic mass is 35.5. The Morgan fingerprint density at radius 1 is 1.11 bits per heavy atom. The van der Waals surface area contributed by atoms with Crippen LogP contribution in [-0.2, 0) is 9.59 Å². The van der Waals surface area contributed by atoms with E-state index in [1.165, 1.54) is 11.8 Å². The summed E-state index contributed by atoms with van der Waals surface area (Å²) in [6.07, 6.45) is -1.77. The molecule has 3 N–H and O–H groups in total. The first-order chi connectivity index (χ1) is 17.4. The molecule has 14 heteroatoms. The van der Waals surface area contributed by atoms with Gasteiger partial charge in [0.1, 0.15) is 0 Å². The molecule has 0 fully saturated rings. The number of rotatable bonds is 3. The van der Waals surface area contributed by atoms with Gasteiger partial charge >= 0.3 is 12.1 Å². The zero-order valence-corrected chi connectivity index (χ0v) is 20.9. The summed E-state index contributed by atoms with van der Waals surface area (Å²) in [6, 6.07) is 12.2. The number of nitrogens with zero attached hydrogens (tertiary/aromatic N) is 2. The molecular weight excluding hydrogens is 556 g/mol. The minimum absolute atomic E-state index is 0.204. The van der Waals surface area contributed by atoms with Crippen molar-refractivity contribution in [2.45, 2.75) is 6.18 Å². The molecule has 1 aromatic heterocycles. The van der Waals surface area contributed by atoms with Gasteiger partial charge in [-0.05, 0) is 53.7 Å². The van der Waals surface area contributed by atoms with Crippen LogP contribution in [0.2, 0.25) is 10.0 Å². The lowest BCUT2D eigenvalue weighted by Crippen LogP contribution is -2.21. The van der Waals surface area contributed by atoms with Crippen LogP contribution < -0.4 is 10.6 Å². The summed E-state index contributed by atoms with van der Waals surface area (Å²) in [5.74, 6) is -3.33. The fraction of sp³-hybridized carbons (Fsp3) is 0.0870. The van der Waals surface area contributed by atoms with E-state index in [0.29, 0.717) is 42.3 Å². The Bertz CT molecular complexity index is 1440. The molecule has 0 unspecified atom stereocenters. The lowest BCUT2D eigenvalue weighted by molar-refractivity contribution is -0.192. The predicted octanol–water partition coefficient (Wildman–Crippen LogP) is 5.62. The smallest absolute Gasteiger partial charge is 0.475 e. The van der Waals surface area contributed by atoms with Crippen molar-refractivity contribution in [3.63, 3.8) is 0 Å². The van der Waals surface area contributed by atoms with Crippen LogP contribution >= 0.6 is 35.0 Å². The lowest BCUT2D eigenvalue weighted by atomic mass is 10.1. The SMILES string of the molecule is CNC(=O)c1ccnc2ccc(C=C3SC(Nc4c(Cl)cccc4Cl)=NC3=O)cc12.O=C(O)C(F)(F)F. The maximum Gasteiger partial charge on any atom is 0.490 e. The number of carbonyl (C=O) groups is 3. The molecule has 2 aromatic carbocycles. The quantitative estimate of drug-likeness (QED) is 0.349. The summed E-state index contributed by atoms with van der Waals surface area (Å²) in [5, 5.41) is 14.7. The van der Waals surface area contributed by atoms with Crippen LogP contribution in [0, 0.1) is 0 Å². The Morgan fingerprint density at radius 3 is 2.35 bits per heavy atom. The van der Waals surface area contributed by atoms with Crippen molar-refractivity contribution in [1.29, 1.82) is 0 Å². The second kappa shape index (κ2) is 11.6. The molecule has 0 saturated heterocycles. The van der Waals surface area contributed by atoms with Gasteiger partial charge in [-0.25, -0.2) is 4.79 Å². The van der Waals surface area contributed by atoms with Crippen LogP contribution in [0.1, 0.15) is 15.9 Å². The Balaban J connectivity index is 0.000000479. The first kappa shape index (κ1) is 28.0. The van der Waals surface area contributed by atoms with E-state index < -0.39 is 12.1 Å². The lowest BCUT2D eigenvalue weighted by Gasteiger charge is -2.08. The van der Waals surface area contributed by atoms with Gasteiger partial charge in [-0.15, -0.1) is 0 Å². The Hall–Kier alpha value is -3.61. The van der Waals surface area contributed by atoms with Gasteiger partial charge < -0.3 is 15.7 Å². The van der Waals surface area contributed by atoms with Gasteiger partial charge in [0.2, 0.25) is 0 Å².